The van der Waals surface area contributed by atoms with Crippen LogP contribution in [0.5, 0.6) is 11.5 Å². The van der Waals surface area contributed by atoms with E-state index < -0.39 is 15.2 Å². The number of aromatic hydroxyl groups is 2. The Bertz CT molecular complexity index is 1150. The van der Waals surface area contributed by atoms with Crippen molar-refractivity contribution in [3.05, 3.63) is 108 Å². The van der Waals surface area contributed by atoms with Crippen molar-refractivity contribution >= 4 is 24.5 Å². The van der Waals surface area contributed by atoms with Gasteiger partial charge in [0.05, 0.1) is 9.29 Å². The highest BCUT2D eigenvalue weighted by Crippen LogP contribution is 2.31. The van der Waals surface area contributed by atoms with Crippen LogP contribution >= 0.6 is 0 Å². The third-order valence-electron chi connectivity index (χ3n) is 5.13. The second kappa shape index (κ2) is 9.01. The predicted octanol–water partition coefficient (Wildman–Crippen LogP) is 4.85. The molecule has 0 saturated heterocycles. The minimum absolute atomic E-state index is 0.0850. The van der Waals surface area contributed by atoms with Gasteiger partial charge in [-0.1, -0.05) is 60.7 Å². The SMILES string of the molecule is O=[C]([AlH][C](=O)c1ccc(O)c(-c2ccccc2)c1)c1ccc(O)c(-c2ccccc2)c1. The molecule has 0 bridgehead atoms. The highest BCUT2D eigenvalue weighted by atomic mass is 27.1. The van der Waals surface area contributed by atoms with Crippen molar-refractivity contribution < 1.29 is 19.8 Å². The van der Waals surface area contributed by atoms with Crippen LogP contribution in [-0.4, -0.2) is 34.7 Å². The summed E-state index contributed by atoms with van der Waals surface area (Å²) in [6.45, 7) is 0. The first-order valence-electron chi connectivity index (χ1n) is 9.86. The topological polar surface area (TPSA) is 74.6 Å². The Morgan fingerprint density at radius 1 is 0.548 bits per heavy atom. The van der Waals surface area contributed by atoms with Crippen molar-refractivity contribution in [2.45, 2.75) is 0 Å². The monoisotopic (exact) mass is 422 g/mol. The molecule has 31 heavy (non-hydrogen) atoms. The number of hydrogen-bond donors (Lipinski definition) is 2. The van der Waals surface area contributed by atoms with Crippen LogP contribution in [0, 0.1) is 0 Å². The smallest absolute Gasteiger partial charge is 0.456 e. The molecule has 4 nitrogen and oxygen atoms in total. The Labute approximate surface area is 186 Å². The highest BCUT2D eigenvalue weighted by Gasteiger charge is 2.20. The van der Waals surface area contributed by atoms with Crippen molar-refractivity contribution in [3.8, 4) is 33.8 Å². The van der Waals surface area contributed by atoms with Crippen LogP contribution in [0.1, 0.15) is 20.7 Å². The van der Waals surface area contributed by atoms with Crippen LogP contribution < -0.4 is 0 Å². The maximum atomic E-state index is 12.9. The number of rotatable bonds is 6. The lowest BCUT2D eigenvalue weighted by molar-refractivity contribution is 0.104. The number of carbonyl (C=O) groups is 2. The Kier molecular flexibility index (Phi) is 5.99. The summed E-state index contributed by atoms with van der Waals surface area (Å²) in [5, 5.41) is 20.4. The van der Waals surface area contributed by atoms with Crippen LogP contribution in [0.3, 0.4) is 0 Å². The first-order valence-corrected chi connectivity index (χ1v) is 11.3. The molecule has 0 saturated carbocycles. The summed E-state index contributed by atoms with van der Waals surface area (Å²) in [4.78, 5) is 25.7. The molecule has 0 unspecified atom stereocenters. The molecular weight excluding hydrogens is 403 g/mol. The zero-order chi connectivity index (χ0) is 21.8. The van der Waals surface area contributed by atoms with E-state index in [2.05, 4.69) is 0 Å². The van der Waals surface area contributed by atoms with Crippen molar-refractivity contribution in [3.63, 3.8) is 0 Å². The number of benzene rings is 4. The lowest BCUT2D eigenvalue weighted by atomic mass is 10.0. The molecule has 0 heterocycles. The van der Waals surface area contributed by atoms with E-state index in [-0.39, 0.29) is 20.8 Å². The van der Waals surface area contributed by atoms with Crippen LogP contribution in [0.4, 0.5) is 0 Å². The van der Waals surface area contributed by atoms with E-state index >= 15 is 0 Å². The summed E-state index contributed by atoms with van der Waals surface area (Å²) in [7, 11) is 0. The van der Waals surface area contributed by atoms with E-state index in [4.69, 9.17) is 0 Å². The van der Waals surface area contributed by atoms with Gasteiger partial charge in [0.2, 0.25) is 0 Å². The standard InChI is InChI=1S/2C13H9O2.Al.H/c2*14-9-10-6-7-13(15)12(8-10)11-4-2-1-3-5-11;;/h2*1-8,15H;;. The van der Waals surface area contributed by atoms with Crippen LogP contribution in [0.25, 0.3) is 22.3 Å². The van der Waals surface area contributed by atoms with Crippen LogP contribution in [0.15, 0.2) is 97.1 Å². The van der Waals surface area contributed by atoms with Gasteiger partial charge < -0.3 is 19.8 Å². The van der Waals surface area contributed by atoms with Gasteiger partial charge in [-0.2, -0.15) is 0 Å². The first kappa shape index (κ1) is 20.6. The van der Waals surface area contributed by atoms with Gasteiger partial charge in [0, 0.05) is 11.1 Å². The summed E-state index contributed by atoms with van der Waals surface area (Å²) in [6.07, 6.45) is 0. The number of phenolic OH excluding ortho intramolecular Hbond substituents is 2. The second-order valence-corrected chi connectivity index (χ2v) is 8.86. The molecule has 0 amide bonds. The fourth-order valence-corrected chi connectivity index (χ4v) is 4.61. The molecule has 4 aromatic rings. The quantitative estimate of drug-likeness (QED) is 0.436. The average Bonchev–Trinajstić information content (AvgIpc) is 2.80. The van der Waals surface area contributed by atoms with Crippen molar-refractivity contribution in [1.82, 2.24) is 0 Å². The van der Waals surface area contributed by atoms with E-state index in [1.807, 2.05) is 60.7 Å². The number of carbonyl (C=O) groups excluding carboxylic acids is 2. The van der Waals surface area contributed by atoms with Gasteiger partial charge in [-0.05, 0) is 58.7 Å². The molecule has 0 radical (unpaired) electrons. The van der Waals surface area contributed by atoms with E-state index in [1.54, 1.807) is 24.3 Å². The fraction of sp³-hybridized carbons (Fsp3) is 0. The van der Waals surface area contributed by atoms with Crippen LogP contribution in [-0.2, 0) is 0 Å². The van der Waals surface area contributed by atoms with Gasteiger partial charge in [-0.3, -0.25) is 0 Å². The molecule has 0 fully saturated rings. The molecule has 4 aromatic carbocycles. The third-order valence-corrected chi connectivity index (χ3v) is 6.59. The van der Waals surface area contributed by atoms with Gasteiger partial charge in [-0.25, -0.2) is 0 Å². The largest absolute Gasteiger partial charge is 0.507 e. The lowest BCUT2D eigenvalue weighted by Crippen LogP contribution is -2.20. The predicted molar refractivity (Wildman–Crippen MR) is 123 cm³/mol. The van der Waals surface area contributed by atoms with Crippen molar-refractivity contribution in [2.24, 2.45) is 0 Å². The molecule has 0 aromatic heterocycles. The maximum absolute atomic E-state index is 12.9. The Morgan fingerprint density at radius 2 is 0.935 bits per heavy atom. The molecular formula is C26H19AlO4. The molecule has 2 N–H and O–H groups in total. The van der Waals surface area contributed by atoms with Gasteiger partial charge in [0.15, 0.2) is 0 Å². The Balaban J connectivity index is 1.58. The normalized spacial score (nSPS) is 10.5. The van der Waals surface area contributed by atoms with Crippen LogP contribution in [0.2, 0.25) is 0 Å². The summed E-state index contributed by atoms with van der Waals surface area (Å²) < 4.78 is -0.395. The van der Waals surface area contributed by atoms with E-state index in [0.29, 0.717) is 22.3 Å². The fourth-order valence-electron chi connectivity index (χ4n) is 3.47. The molecule has 0 aliphatic rings. The second-order valence-electron chi connectivity index (χ2n) is 7.22. The lowest BCUT2D eigenvalue weighted by Gasteiger charge is -2.09. The summed E-state index contributed by atoms with van der Waals surface area (Å²) in [5.74, 6) is 0.170. The average molecular weight is 422 g/mol. The molecule has 5 heteroatoms. The molecule has 0 aliphatic carbocycles. The van der Waals surface area contributed by atoms with Gasteiger partial charge >= 0.3 is 15.2 Å². The Morgan fingerprint density at radius 3 is 1.32 bits per heavy atom. The number of phenols is 2. The molecule has 0 spiro atoms. The highest BCUT2D eigenvalue weighted by molar-refractivity contribution is 7.01. The zero-order valence-corrected chi connectivity index (χ0v) is 18.1. The van der Waals surface area contributed by atoms with E-state index in [1.165, 1.54) is 12.1 Å². The molecule has 0 atom stereocenters. The third kappa shape index (κ3) is 4.59. The van der Waals surface area contributed by atoms with Gasteiger partial charge in [0.1, 0.15) is 11.5 Å². The van der Waals surface area contributed by atoms with Gasteiger partial charge in [-0.15, -0.1) is 0 Å². The molecule has 150 valence electrons. The molecule has 4 rings (SSSR count). The van der Waals surface area contributed by atoms with Crippen molar-refractivity contribution in [1.29, 1.82) is 0 Å². The maximum Gasteiger partial charge on any atom is 0.456 e. The minimum atomic E-state index is -1.79. The summed E-state index contributed by atoms with van der Waals surface area (Å²) in [5.41, 5.74) is 3.55. The number of hydrogen-bond acceptors (Lipinski definition) is 4. The summed E-state index contributed by atoms with van der Waals surface area (Å²) in [6, 6.07) is 28.0. The minimum Gasteiger partial charge on any atom is -0.507 e. The first-order chi connectivity index (χ1) is 15.0. The summed E-state index contributed by atoms with van der Waals surface area (Å²) >= 11 is -1.79. The zero-order valence-electron chi connectivity index (χ0n) is 16.7. The Hall–Kier alpha value is -3.65. The van der Waals surface area contributed by atoms with Crippen molar-refractivity contribution in [2.75, 3.05) is 0 Å². The molecule has 0 aliphatic heterocycles. The van der Waals surface area contributed by atoms with E-state index in [9.17, 15) is 19.8 Å². The van der Waals surface area contributed by atoms with E-state index in [0.717, 1.165) is 11.1 Å². The van der Waals surface area contributed by atoms with Gasteiger partial charge in [0.25, 0.3) is 0 Å².